The van der Waals surface area contributed by atoms with Crippen molar-refractivity contribution in [2.24, 2.45) is 0 Å². The number of hydrogen-bond donors (Lipinski definition) is 1. The van der Waals surface area contributed by atoms with Crippen LogP contribution in [-0.2, 0) is 6.42 Å². The molecule has 0 spiro atoms. The second-order valence-electron chi connectivity index (χ2n) is 9.14. The van der Waals surface area contributed by atoms with Crippen LogP contribution in [0.3, 0.4) is 0 Å². The van der Waals surface area contributed by atoms with Gasteiger partial charge in [-0.2, -0.15) is 0 Å². The van der Waals surface area contributed by atoms with Gasteiger partial charge >= 0.3 is 0 Å². The molecule has 1 N–H and O–H groups in total. The van der Waals surface area contributed by atoms with Crippen LogP contribution in [0.2, 0.25) is 0 Å². The van der Waals surface area contributed by atoms with Crippen molar-refractivity contribution in [1.82, 2.24) is 29.5 Å². The smallest absolute Gasteiger partial charge is 0.123 e. The Hall–Kier alpha value is -2.44. The second-order valence-corrected chi connectivity index (χ2v) is 9.14. The average molecular weight is 421 g/mol. The SMILES string of the molecule is CC(C)=CCCN(C)C1CCN(CCCc2c[nH]c3ccc(-n4cnnc4)cc23)CC1. The van der Waals surface area contributed by atoms with Crippen LogP contribution in [0.25, 0.3) is 16.6 Å². The van der Waals surface area contributed by atoms with Crippen molar-refractivity contribution >= 4 is 10.9 Å². The van der Waals surface area contributed by atoms with Gasteiger partial charge in [-0.25, -0.2) is 0 Å². The van der Waals surface area contributed by atoms with Gasteiger partial charge in [0.25, 0.3) is 0 Å². The zero-order valence-corrected chi connectivity index (χ0v) is 19.2. The Kier molecular flexibility index (Phi) is 7.20. The average Bonchev–Trinajstić information content (AvgIpc) is 3.44. The summed E-state index contributed by atoms with van der Waals surface area (Å²) in [5.41, 5.74) is 5.13. The third-order valence-corrected chi connectivity index (χ3v) is 6.60. The van der Waals surface area contributed by atoms with Crippen LogP contribution >= 0.6 is 0 Å². The molecule has 1 aliphatic heterocycles. The molecule has 0 aliphatic carbocycles. The molecule has 0 amide bonds. The molecular weight excluding hydrogens is 384 g/mol. The molecule has 0 bridgehead atoms. The summed E-state index contributed by atoms with van der Waals surface area (Å²) in [4.78, 5) is 8.64. The van der Waals surface area contributed by atoms with E-state index in [1.54, 1.807) is 12.7 Å². The van der Waals surface area contributed by atoms with E-state index >= 15 is 0 Å². The maximum absolute atomic E-state index is 3.92. The highest BCUT2D eigenvalue weighted by Gasteiger charge is 2.21. The lowest BCUT2D eigenvalue weighted by Crippen LogP contribution is -2.43. The number of aryl methyl sites for hydroxylation is 1. The summed E-state index contributed by atoms with van der Waals surface area (Å²) >= 11 is 0. The highest BCUT2D eigenvalue weighted by Crippen LogP contribution is 2.23. The van der Waals surface area contributed by atoms with E-state index in [1.165, 1.54) is 73.9 Å². The van der Waals surface area contributed by atoms with Crippen LogP contribution in [0.1, 0.15) is 45.1 Å². The Balaban J connectivity index is 1.24. The van der Waals surface area contributed by atoms with Gasteiger partial charge in [-0.3, -0.25) is 4.57 Å². The van der Waals surface area contributed by atoms with Crippen molar-refractivity contribution in [2.75, 3.05) is 33.2 Å². The summed E-state index contributed by atoms with van der Waals surface area (Å²) in [5, 5.41) is 9.15. The van der Waals surface area contributed by atoms with Gasteiger partial charge in [0.2, 0.25) is 0 Å². The Labute approximate surface area is 186 Å². The fourth-order valence-corrected chi connectivity index (χ4v) is 4.68. The number of rotatable bonds is 9. The fourth-order valence-electron chi connectivity index (χ4n) is 4.68. The number of aromatic nitrogens is 4. The number of likely N-dealkylation sites (tertiary alicyclic amines) is 1. The van der Waals surface area contributed by atoms with Crippen molar-refractivity contribution in [3.05, 3.63) is 54.3 Å². The lowest BCUT2D eigenvalue weighted by molar-refractivity contribution is 0.128. The number of aromatic amines is 1. The van der Waals surface area contributed by atoms with Crippen molar-refractivity contribution in [1.29, 1.82) is 0 Å². The first-order chi connectivity index (χ1) is 15.1. The van der Waals surface area contributed by atoms with E-state index in [-0.39, 0.29) is 0 Å². The summed E-state index contributed by atoms with van der Waals surface area (Å²) in [7, 11) is 2.30. The predicted octanol–water partition coefficient (Wildman–Crippen LogP) is 4.43. The quantitative estimate of drug-likeness (QED) is 0.520. The molecule has 1 fully saturated rings. The van der Waals surface area contributed by atoms with E-state index in [1.807, 2.05) is 4.57 Å². The number of allylic oxidation sites excluding steroid dienone is 1. The third-order valence-electron chi connectivity index (χ3n) is 6.60. The van der Waals surface area contributed by atoms with Crippen LogP contribution in [0.15, 0.2) is 48.7 Å². The predicted molar refractivity (Wildman–Crippen MR) is 128 cm³/mol. The van der Waals surface area contributed by atoms with Gasteiger partial charge in [-0.1, -0.05) is 11.6 Å². The molecule has 166 valence electrons. The molecule has 2 aromatic heterocycles. The largest absolute Gasteiger partial charge is 0.361 e. The van der Waals surface area contributed by atoms with Crippen LogP contribution in [0.4, 0.5) is 0 Å². The molecule has 1 aromatic carbocycles. The minimum atomic E-state index is 0.742. The maximum atomic E-state index is 3.92. The van der Waals surface area contributed by atoms with E-state index in [4.69, 9.17) is 0 Å². The van der Waals surface area contributed by atoms with Crippen LogP contribution in [-0.4, -0.2) is 68.8 Å². The topological polar surface area (TPSA) is 53.0 Å². The highest BCUT2D eigenvalue weighted by molar-refractivity contribution is 5.85. The normalized spacial score (nSPS) is 15.7. The monoisotopic (exact) mass is 420 g/mol. The van der Waals surface area contributed by atoms with Gasteiger partial charge < -0.3 is 14.8 Å². The zero-order valence-electron chi connectivity index (χ0n) is 19.2. The minimum absolute atomic E-state index is 0.742. The maximum Gasteiger partial charge on any atom is 0.123 e. The van der Waals surface area contributed by atoms with Gasteiger partial charge in [0.1, 0.15) is 12.7 Å². The van der Waals surface area contributed by atoms with Crippen LogP contribution < -0.4 is 0 Å². The van der Waals surface area contributed by atoms with Crippen molar-refractivity contribution < 1.29 is 0 Å². The number of piperidine rings is 1. The number of hydrogen-bond acceptors (Lipinski definition) is 4. The standard InChI is InChI=1S/C25H36N6/c1-20(2)6-4-12-29(3)22-10-14-30(15-11-22)13-5-7-21-17-26-25-9-8-23(16-24(21)25)31-18-27-28-19-31/h6,8-9,16-19,22,26H,4-5,7,10-15H2,1-3H3. The molecule has 3 aromatic rings. The zero-order chi connectivity index (χ0) is 21.6. The second kappa shape index (κ2) is 10.2. The van der Waals surface area contributed by atoms with Gasteiger partial charge in [0, 0.05) is 35.4 Å². The Morgan fingerprint density at radius 1 is 1.19 bits per heavy atom. The molecule has 0 atom stereocenters. The molecular formula is C25H36N6. The number of nitrogens with one attached hydrogen (secondary N) is 1. The van der Waals surface area contributed by atoms with Crippen LogP contribution in [0.5, 0.6) is 0 Å². The van der Waals surface area contributed by atoms with E-state index in [2.05, 4.69) is 76.3 Å². The number of benzene rings is 1. The van der Waals surface area contributed by atoms with Crippen molar-refractivity contribution in [3.63, 3.8) is 0 Å². The van der Waals surface area contributed by atoms with E-state index in [9.17, 15) is 0 Å². The van der Waals surface area contributed by atoms with Gasteiger partial charge in [0.15, 0.2) is 0 Å². The minimum Gasteiger partial charge on any atom is -0.361 e. The summed E-state index contributed by atoms with van der Waals surface area (Å²) in [5.74, 6) is 0. The third kappa shape index (κ3) is 5.63. The van der Waals surface area contributed by atoms with Gasteiger partial charge in [0.05, 0.1) is 0 Å². The first kappa shape index (κ1) is 21.8. The molecule has 6 heteroatoms. The van der Waals surface area contributed by atoms with E-state index < -0.39 is 0 Å². The molecule has 31 heavy (non-hydrogen) atoms. The summed E-state index contributed by atoms with van der Waals surface area (Å²) in [6, 6.07) is 7.23. The number of nitrogens with zero attached hydrogens (tertiary/aromatic N) is 5. The highest BCUT2D eigenvalue weighted by atomic mass is 15.2. The van der Waals surface area contributed by atoms with E-state index in [0.717, 1.165) is 18.2 Å². The van der Waals surface area contributed by atoms with E-state index in [0.29, 0.717) is 0 Å². The van der Waals surface area contributed by atoms with Crippen LogP contribution in [0, 0.1) is 0 Å². The molecule has 4 rings (SSSR count). The van der Waals surface area contributed by atoms with Gasteiger partial charge in [-0.15, -0.1) is 10.2 Å². The molecule has 0 radical (unpaired) electrons. The number of fused-ring (bicyclic) bond motifs is 1. The van der Waals surface area contributed by atoms with Crippen molar-refractivity contribution in [3.8, 4) is 5.69 Å². The van der Waals surface area contributed by atoms with Gasteiger partial charge in [-0.05, 0) is 96.4 Å². The summed E-state index contributed by atoms with van der Waals surface area (Å²) < 4.78 is 1.96. The fraction of sp³-hybridized carbons (Fsp3) is 0.520. The molecule has 3 heterocycles. The molecule has 1 saturated heterocycles. The first-order valence-corrected chi connectivity index (χ1v) is 11.6. The lowest BCUT2D eigenvalue weighted by atomic mass is 10.0. The molecule has 1 aliphatic rings. The summed E-state index contributed by atoms with van der Waals surface area (Å²) in [6.07, 6.45) is 14.1. The lowest BCUT2D eigenvalue weighted by Gasteiger charge is -2.36. The Morgan fingerprint density at radius 2 is 1.97 bits per heavy atom. The number of H-pyrrole nitrogens is 1. The molecule has 0 saturated carbocycles. The Bertz CT molecular complexity index is 975. The molecule has 6 nitrogen and oxygen atoms in total. The molecule has 0 unspecified atom stereocenters. The van der Waals surface area contributed by atoms with Crippen molar-refractivity contribution in [2.45, 2.75) is 52.0 Å². The summed E-state index contributed by atoms with van der Waals surface area (Å²) in [6.45, 7) is 9.18. The Morgan fingerprint density at radius 3 is 2.71 bits per heavy atom. The first-order valence-electron chi connectivity index (χ1n) is 11.6.